The molecule has 88 valence electrons. The molecule has 0 spiro atoms. The molecule has 1 heterocycles. The summed E-state index contributed by atoms with van der Waals surface area (Å²) in [5.74, 6) is 0.00597. The van der Waals surface area contributed by atoms with Crippen LogP contribution in [-0.2, 0) is 14.3 Å². The molecule has 1 fully saturated rings. The molecule has 0 aromatic heterocycles. The summed E-state index contributed by atoms with van der Waals surface area (Å²) in [5, 5.41) is 3.09. The lowest BCUT2D eigenvalue weighted by molar-refractivity contribution is -0.140. The predicted molar refractivity (Wildman–Crippen MR) is 56.7 cm³/mol. The summed E-state index contributed by atoms with van der Waals surface area (Å²) in [6.07, 6.45) is 0.208. The highest BCUT2D eigenvalue weighted by molar-refractivity contribution is 5.77. The van der Waals surface area contributed by atoms with Gasteiger partial charge in [0.05, 0.1) is 18.8 Å². The highest BCUT2D eigenvalue weighted by atomic mass is 16.5. The standard InChI is InChI=1S/C10H20N2O3/c1-8(6-14-3)12(2)10(13)7-15-9-4-11-5-9/h8-9,11H,4-7H2,1-3H3. The monoisotopic (exact) mass is 216 g/mol. The third-order valence-electron chi connectivity index (χ3n) is 2.65. The van der Waals surface area contributed by atoms with Gasteiger partial charge in [0, 0.05) is 27.2 Å². The van der Waals surface area contributed by atoms with Crippen LogP contribution in [0.2, 0.25) is 0 Å². The van der Waals surface area contributed by atoms with E-state index in [0.717, 1.165) is 13.1 Å². The Morgan fingerprint density at radius 2 is 2.27 bits per heavy atom. The molecule has 5 nitrogen and oxygen atoms in total. The van der Waals surface area contributed by atoms with Gasteiger partial charge in [0.15, 0.2) is 0 Å². The van der Waals surface area contributed by atoms with Gasteiger partial charge in [0.25, 0.3) is 0 Å². The second kappa shape index (κ2) is 6.05. The number of carbonyl (C=O) groups is 1. The van der Waals surface area contributed by atoms with Crippen molar-refractivity contribution in [2.75, 3.05) is 40.5 Å². The largest absolute Gasteiger partial charge is 0.383 e. The Bertz CT molecular complexity index is 207. The first-order valence-electron chi connectivity index (χ1n) is 5.22. The molecule has 0 aromatic carbocycles. The van der Waals surface area contributed by atoms with Crippen molar-refractivity contribution in [2.24, 2.45) is 0 Å². The molecule has 0 bridgehead atoms. The smallest absolute Gasteiger partial charge is 0.248 e. The summed E-state index contributed by atoms with van der Waals surface area (Å²) >= 11 is 0. The Kier molecular flexibility index (Phi) is 5.01. The molecule has 1 saturated heterocycles. The van der Waals surface area contributed by atoms with Crippen molar-refractivity contribution in [2.45, 2.75) is 19.1 Å². The van der Waals surface area contributed by atoms with Crippen molar-refractivity contribution < 1.29 is 14.3 Å². The van der Waals surface area contributed by atoms with Gasteiger partial charge in [-0.3, -0.25) is 4.79 Å². The molecule has 0 aromatic rings. The van der Waals surface area contributed by atoms with Crippen molar-refractivity contribution >= 4 is 5.91 Å². The number of hydrogen-bond donors (Lipinski definition) is 1. The molecular weight excluding hydrogens is 196 g/mol. The number of likely N-dealkylation sites (N-methyl/N-ethyl adjacent to an activating group) is 1. The quantitative estimate of drug-likeness (QED) is 0.648. The van der Waals surface area contributed by atoms with E-state index in [0.29, 0.717) is 6.61 Å². The van der Waals surface area contributed by atoms with E-state index in [2.05, 4.69) is 5.32 Å². The van der Waals surface area contributed by atoms with Gasteiger partial charge in [0.2, 0.25) is 5.91 Å². The number of amides is 1. The zero-order chi connectivity index (χ0) is 11.3. The number of hydrogen-bond acceptors (Lipinski definition) is 4. The third kappa shape index (κ3) is 3.77. The molecular formula is C10H20N2O3. The maximum atomic E-state index is 11.6. The zero-order valence-electron chi connectivity index (χ0n) is 9.66. The SMILES string of the molecule is COCC(C)N(C)C(=O)COC1CNC1. The Balaban J connectivity index is 2.19. The molecule has 1 unspecified atom stereocenters. The fourth-order valence-electron chi connectivity index (χ4n) is 1.27. The highest BCUT2D eigenvalue weighted by Gasteiger charge is 2.21. The van der Waals surface area contributed by atoms with E-state index in [1.807, 2.05) is 6.92 Å². The fraction of sp³-hybridized carbons (Fsp3) is 0.900. The van der Waals surface area contributed by atoms with E-state index in [4.69, 9.17) is 9.47 Å². The second-order valence-electron chi connectivity index (χ2n) is 3.90. The van der Waals surface area contributed by atoms with Crippen LogP contribution in [0.4, 0.5) is 0 Å². The molecule has 1 N–H and O–H groups in total. The number of methoxy groups -OCH3 is 1. The summed E-state index contributed by atoms with van der Waals surface area (Å²) in [6.45, 7) is 4.37. The number of rotatable bonds is 6. The second-order valence-corrected chi connectivity index (χ2v) is 3.90. The minimum atomic E-state index is 0.00597. The topological polar surface area (TPSA) is 50.8 Å². The minimum absolute atomic E-state index is 0.00597. The Labute approximate surface area is 90.7 Å². The average Bonchev–Trinajstić information content (AvgIpc) is 2.14. The van der Waals surface area contributed by atoms with E-state index >= 15 is 0 Å². The van der Waals surface area contributed by atoms with Crippen LogP contribution in [0.5, 0.6) is 0 Å². The first-order valence-corrected chi connectivity index (χ1v) is 5.22. The predicted octanol–water partition coefficient (Wildman–Crippen LogP) is -0.532. The lowest BCUT2D eigenvalue weighted by Gasteiger charge is -2.29. The molecule has 5 heteroatoms. The first-order chi connectivity index (χ1) is 7.15. The molecule has 0 aliphatic carbocycles. The van der Waals surface area contributed by atoms with E-state index in [-0.39, 0.29) is 24.7 Å². The van der Waals surface area contributed by atoms with Crippen molar-refractivity contribution in [3.63, 3.8) is 0 Å². The fourth-order valence-corrected chi connectivity index (χ4v) is 1.27. The minimum Gasteiger partial charge on any atom is -0.383 e. The number of nitrogens with one attached hydrogen (secondary N) is 1. The van der Waals surface area contributed by atoms with Crippen molar-refractivity contribution in [3.05, 3.63) is 0 Å². The van der Waals surface area contributed by atoms with Crippen LogP contribution >= 0.6 is 0 Å². The maximum absolute atomic E-state index is 11.6. The van der Waals surface area contributed by atoms with Crippen LogP contribution in [0.1, 0.15) is 6.92 Å². The summed E-state index contributed by atoms with van der Waals surface area (Å²) in [5.41, 5.74) is 0. The summed E-state index contributed by atoms with van der Waals surface area (Å²) in [7, 11) is 3.40. The zero-order valence-corrected chi connectivity index (χ0v) is 9.66. The number of carbonyl (C=O) groups excluding carboxylic acids is 1. The van der Waals surface area contributed by atoms with Gasteiger partial charge >= 0.3 is 0 Å². The Morgan fingerprint density at radius 1 is 1.60 bits per heavy atom. The molecule has 15 heavy (non-hydrogen) atoms. The van der Waals surface area contributed by atoms with Crippen LogP contribution in [0.15, 0.2) is 0 Å². The van der Waals surface area contributed by atoms with E-state index in [1.165, 1.54) is 0 Å². The molecule has 0 saturated carbocycles. The van der Waals surface area contributed by atoms with Gasteiger partial charge in [-0.2, -0.15) is 0 Å². The van der Waals surface area contributed by atoms with Crippen LogP contribution < -0.4 is 5.32 Å². The van der Waals surface area contributed by atoms with E-state index in [9.17, 15) is 4.79 Å². The van der Waals surface area contributed by atoms with Crippen LogP contribution in [0, 0.1) is 0 Å². The third-order valence-corrected chi connectivity index (χ3v) is 2.65. The summed E-state index contributed by atoms with van der Waals surface area (Å²) in [4.78, 5) is 13.3. The van der Waals surface area contributed by atoms with Crippen molar-refractivity contribution in [3.8, 4) is 0 Å². The molecule has 1 aliphatic heterocycles. The van der Waals surface area contributed by atoms with E-state index in [1.54, 1.807) is 19.1 Å². The Morgan fingerprint density at radius 3 is 2.73 bits per heavy atom. The van der Waals surface area contributed by atoms with Gasteiger partial charge in [-0.15, -0.1) is 0 Å². The molecule has 0 radical (unpaired) electrons. The Hall–Kier alpha value is -0.650. The first kappa shape index (κ1) is 12.4. The van der Waals surface area contributed by atoms with Crippen LogP contribution in [0.3, 0.4) is 0 Å². The van der Waals surface area contributed by atoms with Crippen LogP contribution in [0.25, 0.3) is 0 Å². The van der Waals surface area contributed by atoms with Crippen LogP contribution in [-0.4, -0.2) is 63.4 Å². The van der Waals surface area contributed by atoms with Gasteiger partial charge in [-0.05, 0) is 6.92 Å². The average molecular weight is 216 g/mol. The summed E-state index contributed by atoms with van der Waals surface area (Å²) in [6, 6.07) is 0.0885. The molecule has 1 atom stereocenters. The van der Waals surface area contributed by atoms with Gasteiger partial charge < -0.3 is 19.7 Å². The van der Waals surface area contributed by atoms with Gasteiger partial charge in [-0.1, -0.05) is 0 Å². The molecule has 1 rings (SSSR count). The summed E-state index contributed by atoms with van der Waals surface area (Å²) < 4.78 is 10.4. The number of ether oxygens (including phenoxy) is 2. The molecule has 1 aliphatic rings. The number of nitrogens with zero attached hydrogens (tertiary/aromatic N) is 1. The normalized spacial score (nSPS) is 18.3. The van der Waals surface area contributed by atoms with Crippen molar-refractivity contribution in [1.29, 1.82) is 0 Å². The highest BCUT2D eigenvalue weighted by Crippen LogP contribution is 2.01. The lowest BCUT2D eigenvalue weighted by atomic mass is 10.2. The van der Waals surface area contributed by atoms with Gasteiger partial charge in [0.1, 0.15) is 6.61 Å². The lowest BCUT2D eigenvalue weighted by Crippen LogP contribution is -2.50. The maximum Gasteiger partial charge on any atom is 0.248 e. The van der Waals surface area contributed by atoms with Crippen molar-refractivity contribution in [1.82, 2.24) is 10.2 Å². The molecule has 1 amide bonds. The van der Waals surface area contributed by atoms with Gasteiger partial charge in [-0.25, -0.2) is 0 Å². The van der Waals surface area contributed by atoms with E-state index < -0.39 is 0 Å².